The summed E-state index contributed by atoms with van der Waals surface area (Å²) in [5.74, 6) is 0. The lowest BCUT2D eigenvalue weighted by Gasteiger charge is -1.85. The van der Waals surface area contributed by atoms with Crippen LogP contribution in [-0.2, 0) is 0 Å². The highest BCUT2D eigenvalue weighted by Crippen LogP contribution is 2.02. The van der Waals surface area contributed by atoms with Crippen molar-refractivity contribution in [3.05, 3.63) is 17.7 Å². The molecule has 0 aromatic rings. The highest BCUT2D eigenvalue weighted by atomic mass is 35.5. The van der Waals surface area contributed by atoms with Gasteiger partial charge in [-0.05, 0) is 6.08 Å². The van der Waals surface area contributed by atoms with Crippen LogP contribution in [0.25, 0.3) is 0 Å². The smallest absolute Gasteiger partial charge is 0.0981 e. The van der Waals surface area contributed by atoms with Crippen molar-refractivity contribution >= 4 is 11.6 Å². The van der Waals surface area contributed by atoms with Crippen molar-refractivity contribution in [3.8, 4) is 0 Å². The molecule has 0 aliphatic carbocycles. The number of rotatable bonds is 0. The Morgan fingerprint density at radius 1 is 1.83 bits per heavy atom. The van der Waals surface area contributed by atoms with Gasteiger partial charge in [0.15, 0.2) is 0 Å². The molecule has 0 aromatic heterocycles. The van der Waals surface area contributed by atoms with E-state index < -0.39 is 0 Å². The summed E-state index contributed by atoms with van der Waals surface area (Å²) >= 11 is 5.43. The first-order valence-corrected chi connectivity index (χ1v) is 2.20. The first-order chi connectivity index (χ1) is 2.89. The molecule has 1 radical (unpaired) electrons. The molecule has 1 nitrogen and oxygen atoms in total. The summed E-state index contributed by atoms with van der Waals surface area (Å²) in [6.07, 6.45) is 3.82. The summed E-state index contributed by atoms with van der Waals surface area (Å²) in [5.41, 5.74) is 0. The van der Waals surface area contributed by atoms with Gasteiger partial charge in [0.05, 0.1) is 5.16 Å². The lowest BCUT2D eigenvalue weighted by molar-refractivity contribution is 0.987. The SMILES string of the molecule is ClC1=C[CH]CN1. The van der Waals surface area contributed by atoms with Crippen LogP contribution in [0.2, 0.25) is 0 Å². The molecule has 1 heterocycles. The maximum absolute atomic E-state index is 5.43. The first-order valence-electron chi connectivity index (χ1n) is 1.82. The summed E-state index contributed by atoms with van der Waals surface area (Å²) in [5, 5.41) is 3.64. The third-order valence-electron chi connectivity index (χ3n) is 0.653. The lowest BCUT2D eigenvalue weighted by Crippen LogP contribution is -2.01. The van der Waals surface area contributed by atoms with Crippen molar-refractivity contribution in [2.45, 2.75) is 0 Å². The van der Waals surface area contributed by atoms with Gasteiger partial charge in [-0.3, -0.25) is 0 Å². The second kappa shape index (κ2) is 1.52. The minimum absolute atomic E-state index is 0.745. The molecule has 1 N–H and O–H groups in total. The van der Waals surface area contributed by atoms with Gasteiger partial charge < -0.3 is 5.32 Å². The van der Waals surface area contributed by atoms with Gasteiger partial charge in [0, 0.05) is 13.0 Å². The van der Waals surface area contributed by atoms with E-state index in [2.05, 4.69) is 5.32 Å². The van der Waals surface area contributed by atoms with Gasteiger partial charge in [0.2, 0.25) is 0 Å². The monoisotopic (exact) mass is 102 g/mol. The minimum Gasteiger partial charge on any atom is -0.375 e. The highest BCUT2D eigenvalue weighted by Gasteiger charge is 1.95. The zero-order chi connectivity index (χ0) is 4.41. The predicted octanol–water partition coefficient (Wildman–Crippen LogP) is 0.874. The van der Waals surface area contributed by atoms with Crippen LogP contribution in [0, 0.1) is 6.42 Å². The van der Waals surface area contributed by atoms with E-state index in [4.69, 9.17) is 11.6 Å². The topological polar surface area (TPSA) is 12.0 Å². The van der Waals surface area contributed by atoms with Gasteiger partial charge in [-0.15, -0.1) is 0 Å². The molecule has 0 aromatic carbocycles. The van der Waals surface area contributed by atoms with Crippen molar-refractivity contribution in [2.75, 3.05) is 6.54 Å². The molecule has 0 unspecified atom stereocenters. The molecule has 0 atom stereocenters. The van der Waals surface area contributed by atoms with Crippen LogP contribution in [-0.4, -0.2) is 6.54 Å². The van der Waals surface area contributed by atoms with Gasteiger partial charge in [0.25, 0.3) is 0 Å². The van der Waals surface area contributed by atoms with Gasteiger partial charge in [-0.1, -0.05) is 11.6 Å². The minimum atomic E-state index is 0.745. The Bertz CT molecular complexity index is 77.6. The Morgan fingerprint density at radius 3 is 2.83 bits per heavy atom. The number of hydrogen-bond acceptors (Lipinski definition) is 1. The van der Waals surface area contributed by atoms with E-state index in [-0.39, 0.29) is 0 Å². The van der Waals surface area contributed by atoms with Crippen LogP contribution >= 0.6 is 11.6 Å². The van der Waals surface area contributed by atoms with Crippen LogP contribution in [0.15, 0.2) is 11.2 Å². The first kappa shape index (κ1) is 4.00. The molecule has 1 aliphatic rings. The summed E-state index contributed by atoms with van der Waals surface area (Å²) in [7, 11) is 0. The zero-order valence-corrected chi connectivity index (χ0v) is 4.00. The molecule has 2 heteroatoms. The van der Waals surface area contributed by atoms with E-state index in [0.717, 1.165) is 11.7 Å². The van der Waals surface area contributed by atoms with E-state index >= 15 is 0 Å². The fraction of sp³-hybridized carbons (Fsp3) is 0.250. The Hall–Kier alpha value is -0.170. The maximum atomic E-state index is 5.43. The van der Waals surface area contributed by atoms with E-state index in [9.17, 15) is 0 Å². The number of hydrogen-bond donors (Lipinski definition) is 1. The summed E-state index contributed by atoms with van der Waals surface area (Å²) in [6, 6.07) is 0. The van der Waals surface area contributed by atoms with Crippen molar-refractivity contribution in [3.63, 3.8) is 0 Å². The second-order valence-corrected chi connectivity index (χ2v) is 1.54. The van der Waals surface area contributed by atoms with Crippen molar-refractivity contribution < 1.29 is 0 Å². The van der Waals surface area contributed by atoms with Gasteiger partial charge in [-0.25, -0.2) is 0 Å². The summed E-state index contributed by atoms with van der Waals surface area (Å²) in [4.78, 5) is 0. The molecule has 33 valence electrons. The Balaban J connectivity index is 2.45. The Labute approximate surface area is 42.0 Å². The molecule has 0 spiro atoms. The second-order valence-electron chi connectivity index (χ2n) is 1.13. The molecular formula is C4H5ClN. The van der Waals surface area contributed by atoms with Crippen molar-refractivity contribution in [1.82, 2.24) is 5.32 Å². The molecule has 0 saturated carbocycles. The van der Waals surface area contributed by atoms with E-state index in [1.54, 1.807) is 0 Å². The zero-order valence-electron chi connectivity index (χ0n) is 3.24. The van der Waals surface area contributed by atoms with Gasteiger partial charge in [0.1, 0.15) is 0 Å². The largest absolute Gasteiger partial charge is 0.375 e. The quantitative estimate of drug-likeness (QED) is 0.448. The van der Waals surface area contributed by atoms with Crippen LogP contribution in [0.5, 0.6) is 0 Å². The molecule has 1 aliphatic heterocycles. The fourth-order valence-electron chi connectivity index (χ4n) is 0.378. The van der Waals surface area contributed by atoms with Gasteiger partial charge in [-0.2, -0.15) is 0 Å². The van der Waals surface area contributed by atoms with Crippen molar-refractivity contribution in [2.24, 2.45) is 0 Å². The molecule has 0 amide bonds. The molecule has 0 saturated heterocycles. The van der Waals surface area contributed by atoms with Gasteiger partial charge >= 0.3 is 0 Å². The Morgan fingerprint density at radius 2 is 2.67 bits per heavy atom. The van der Waals surface area contributed by atoms with Crippen LogP contribution in [0.3, 0.4) is 0 Å². The van der Waals surface area contributed by atoms with Crippen molar-refractivity contribution in [1.29, 1.82) is 0 Å². The van der Waals surface area contributed by atoms with Crippen LogP contribution < -0.4 is 5.32 Å². The molecule has 6 heavy (non-hydrogen) atoms. The Kier molecular flexibility index (Phi) is 1.01. The number of halogens is 1. The normalized spacial score (nSPS) is 19.8. The summed E-state index contributed by atoms with van der Waals surface area (Å²) in [6.45, 7) is 0.888. The lowest BCUT2D eigenvalue weighted by atomic mass is 10.5. The number of nitrogens with one attached hydrogen (secondary N) is 1. The van der Waals surface area contributed by atoms with E-state index in [0.29, 0.717) is 0 Å². The molecule has 0 fully saturated rings. The maximum Gasteiger partial charge on any atom is 0.0981 e. The summed E-state index contributed by atoms with van der Waals surface area (Å²) < 4.78 is 0. The molecular weight excluding hydrogens is 97.5 g/mol. The average Bonchev–Trinajstić information content (AvgIpc) is 1.86. The molecule has 0 bridgehead atoms. The standard InChI is InChI=1S/C4H5ClN/c5-4-2-1-3-6-4/h1-2,6H,3H2. The van der Waals surface area contributed by atoms with Crippen LogP contribution in [0.1, 0.15) is 0 Å². The third kappa shape index (κ3) is 0.658. The van der Waals surface area contributed by atoms with E-state index in [1.807, 2.05) is 12.5 Å². The average molecular weight is 103 g/mol. The predicted molar refractivity (Wildman–Crippen MR) is 26.2 cm³/mol. The fourth-order valence-corrected chi connectivity index (χ4v) is 0.544. The van der Waals surface area contributed by atoms with E-state index in [1.165, 1.54) is 0 Å². The highest BCUT2D eigenvalue weighted by molar-refractivity contribution is 6.29. The molecule has 1 rings (SSSR count). The third-order valence-corrected chi connectivity index (χ3v) is 0.913. The van der Waals surface area contributed by atoms with Crippen LogP contribution in [0.4, 0.5) is 0 Å².